The first-order valence-electron chi connectivity index (χ1n) is 38.6. The number of ketones is 8. The molecule has 8 aromatic carbocycles. The molecule has 1 fully saturated rings. The van der Waals surface area contributed by atoms with E-state index in [1.165, 1.54) is 67.7 Å². The van der Waals surface area contributed by atoms with E-state index in [1.54, 1.807) is 50.2 Å². The Morgan fingerprint density at radius 3 is 1.11 bits per heavy atom. The van der Waals surface area contributed by atoms with Gasteiger partial charge in [0.25, 0.3) is 0 Å². The quantitative estimate of drug-likeness (QED) is 0.0364. The molecule has 5 heterocycles. The van der Waals surface area contributed by atoms with Gasteiger partial charge in [-0.2, -0.15) is 0 Å². The van der Waals surface area contributed by atoms with E-state index in [2.05, 4.69) is 86.1 Å². The van der Waals surface area contributed by atoms with Gasteiger partial charge in [-0.1, -0.05) is 21.8 Å². The molecule has 0 amide bonds. The topological polar surface area (TPSA) is 239 Å². The van der Waals surface area contributed by atoms with E-state index in [0.29, 0.717) is 37.4 Å². The number of likely N-dealkylation sites (tertiary alicyclic amines) is 1. The van der Waals surface area contributed by atoms with Crippen molar-refractivity contribution >= 4 is 183 Å². The number of hydrogen-bond donors (Lipinski definition) is 4. The maximum Gasteiger partial charge on any atom is 0.163 e. The summed E-state index contributed by atoms with van der Waals surface area (Å²) in [5.41, 5.74) is 16.4. The van der Waals surface area contributed by atoms with Crippen molar-refractivity contribution in [3.8, 4) is 17.2 Å². The molecule has 3 aliphatic carbocycles. The lowest BCUT2D eigenvalue weighted by Gasteiger charge is -2.20. The molecule has 115 heavy (non-hydrogen) atoms. The number of Topliss-reactive ketones (excluding diaryl/α,β-unsaturated/α-hetero) is 8. The molecular weight excluding hydrogens is 1530 g/mol. The zero-order valence-corrected chi connectivity index (χ0v) is 69.7. The van der Waals surface area contributed by atoms with Crippen LogP contribution in [0.2, 0.25) is 0 Å². The summed E-state index contributed by atoms with van der Waals surface area (Å²) < 4.78 is 8.98. The summed E-state index contributed by atoms with van der Waals surface area (Å²) in [4.78, 5) is 103. The van der Waals surface area contributed by atoms with Crippen molar-refractivity contribution in [2.24, 2.45) is 0 Å². The van der Waals surface area contributed by atoms with Gasteiger partial charge in [0, 0.05) is 168 Å². The molecule has 0 spiro atoms. The lowest BCUT2D eigenvalue weighted by atomic mass is 10.0. The Kier molecular flexibility index (Phi) is 31.6. The van der Waals surface area contributed by atoms with Crippen molar-refractivity contribution in [1.82, 2.24) is 38.3 Å². The number of rotatable bonds is 22. The highest BCUT2D eigenvalue weighted by molar-refractivity contribution is 6.20. The molecule has 4 aromatic heterocycles. The minimum Gasteiger partial charge on any atom is -0.507 e. The number of nitrogens with zero attached hydrogens (tertiary/aromatic N) is 7. The molecular formula is C92H112Cl4N8O11. The fourth-order valence-corrected chi connectivity index (χ4v) is 17.3. The van der Waals surface area contributed by atoms with Gasteiger partial charge in [-0.25, -0.2) is 0 Å². The Morgan fingerprint density at radius 1 is 0.417 bits per heavy atom. The van der Waals surface area contributed by atoms with E-state index in [0.717, 1.165) is 201 Å². The van der Waals surface area contributed by atoms with Crippen LogP contribution in [0.5, 0.6) is 17.2 Å². The van der Waals surface area contributed by atoms with Gasteiger partial charge in [-0.3, -0.25) is 38.4 Å². The van der Waals surface area contributed by atoms with E-state index in [1.807, 2.05) is 67.2 Å². The molecule has 0 bridgehead atoms. The molecule has 4 N–H and O–H groups in total. The standard InChI is InChI=1S/C24H26N2O2.C23H26N2O2.C22H24N2O3.C21H24N2O4.2CH4.4ClH/c1-15(27)16-5-8-21-20(14-16)24-19-7-10-23(28)18(19)6-9-22(24)26(21)13-11-17-4-3-12-25(17)2;1-3-11-24-12-4-13-25-20-8-5-16(15(2)26)14-19(20)23-18-7-10-22(27)17(18)6-9-21(23)25;1-13(25)16-11-17-19(12-21(16)27)24(10-4-9-23(2)3)18-7-5-14-15(22(17)18)6-8-20(14)26;1-12(24)14-8-16-17-9-15(13(2)25)21(27)11-19(17)23(7-5-6-22(3)4)18(16)10-20(14)26;;;;;;/h5-6,8-9,14,17H,3-4,7,10-13H2,1-2H3;5-6,8-9,14,24H,3-4,7,10-13H2,1-2H3;5,7,11-12,27H,4,6,8-10H2,1-3H3;8-11,26-27H,5-7H2,1-4H3;2*1H4;4*1H/t17-;;;;;;;;;/m1........./s1. The Morgan fingerprint density at radius 2 is 0.757 bits per heavy atom. The second kappa shape index (κ2) is 39.1. The highest BCUT2D eigenvalue weighted by Gasteiger charge is 2.31. The number of carbonyl (C=O) groups is 8. The largest absolute Gasteiger partial charge is 0.507 e. The van der Waals surface area contributed by atoms with Gasteiger partial charge in [0.2, 0.25) is 0 Å². The molecule has 12 aromatic rings. The minimum atomic E-state index is -0.228. The molecule has 1 saturated heterocycles. The van der Waals surface area contributed by atoms with E-state index >= 15 is 0 Å². The number of carbonyl (C=O) groups excluding carboxylic acids is 8. The zero-order valence-electron chi connectivity index (χ0n) is 66.4. The monoisotopic (exact) mass is 1640 g/mol. The molecule has 0 saturated carbocycles. The molecule has 0 radical (unpaired) electrons. The number of phenolic OH excluding ortho intramolecular Hbond substituents is 3. The molecule has 19 nitrogen and oxygen atoms in total. The predicted molar refractivity (Wildman–Crippen MR) is 478 cm³/mol. The van der Waals surface area contributed by atoms with Crippen molar-refractivity contribution in [2.45, 2.75) is 172 Å². The predicted octanol–water partition coefficient (Wildman–Crippen LogP) is 19.4. The van der Waals surface area contributed by atoms with Crippen LogP contribution in [0.3, 0.4) is 0 Å². The summed E-state index contributed by atoms with van der Waals surface area (Å²) in [5.74, 6) is 0.0841. The number of nitrogens with one attached hydrogen (secondary N) is 1. The Bertz CT molecular complexity index is 5670. The van der Waals surface area contributed by atoms with Gasteiger partial charge in [-0.15, -0.1) is 49.6 Å². The van der Waals surface area contributed by atoms with Gasteiger partial charge in [-0.05, 0) is 274 Å². The zero-order chi connectivity index (χ0) is 77.5. The first-order valence-corrected chi connectivity index (χ1v) is 38.6. The number of aromatic hydroxyl groups is 3. The third-order valence-electron chi connectivity index (χ3n) is 22.8. The van der Waals surface area contributed by atoms with Crippen LogP contribution in [0.25, 0.3) is 87.2 Å². The van der Waals surface area contributed by atoms with Crippen LogP contribution >= 0.6 is 49.6 Å². The van der Waals surface area contributed by atoms with Crippen molar-refractivity contribution in [2.75, 3.05) is 68.0 Å². The Hall–Kier alpha value is -9.28. The minimum absolute atomic E-state index is 0. The van der Waals surface area contributed by atoms with E-state index in [9.17, 15) is 53.7 Å². The number of halogens is 4. The average molecular weight is 1650 g/mol. The number of aryl methyl sites for hydroxylation is 7. The summed E-state index contributed by atoms with van der Waals surface area (Å²) >= 11 is 0. The van der Waals surface area contributed by atoms with E-state index in [4.69, 9.17) is 0 Å². The number of aromatic nitrogens is 4. The maximum absolute atomic E-state index is 12.3. The van der Waals surface area contributed by atoms with Crippen molar-refractivity contribution in [1.29, 1.82) is 0 Å². The number of benzene rings is 8. The summed E-state index contributed by atoms with van der Waals surface area (Å²) in [7, 11) is 10.3. The van der Waals surface area contributed by atoms with Crippen LogP contribution in [0.4, 0.5) is 0 Å². The second-order valence-corrected chi connectivity index (χ2v) is 30.7. The Labute approximate surface area is 698 Å². The van der Waals surface area contributed by atoms with Gasteiger partial charge in [0.15, 0.2) is 46.3 Å². The molecule has 0 unspecified atom stereocenters. The second-order valence-electron chi connectivity index (χ2n) is 30.7. The third-order valence-corrected chi connectivity index (χ3v) is 22.8. The summed E-state index contributed by atoms with van der Waals surface area (Å²) in [6, 6.07) is 34.8. The highest BCUT2D eigenvalue weighted by Crippen LogP contribution is 2.44. The number of phenols is 3. The van der Waals surface area contributed by atoms with Crippen molar-refractivity contribution < 1.29 is 53.7 Å². The summed E-state index contributed by atoms with van der Waals surface area (Å²) in [6.45, 7) is 18.1. The highest BCUT2D eigenvalue weighted by atomic mass is 35.5. The fraction of sp³-hybridized carbons (Fsp3) is 0.391. The Balaban J connectivity index is 0.000000209. The van der Waals surface area contributed by atoms with Gasteiger partial charge in [0.05, 0.1) is 33.2 Å². The van der Waals surface area contributed by atoms with Gasteiger partial charge in [0.1, 0.15) is 17.2 Å². The lowest BCUT2D eigenvalue weighted by Crippen LogP contribution is -2.26. The lowest BCUT2D eigenvalue weighted by molar-refractivity contribution is 0.0986. The normalized spacial score (nSPS) is 14.0. The van der Waals surface area contributed by atoms with Crippen molar-refractivity contribution in [3.63, 3.8) is 0 Å². The molecule has 614 valence electrons. The van der Waals surface area contributed by atoms with Crippen LogP contribution in [0.15, 0.2) is 109 Å². The molecule has 1 aliphatic heterocycles. The first kappa shape index (κ1) is 92.9. The SMILES string of the molecule is C.C.CC(=O)c1cc2c3c4c(ccc3n(CCCN(C)C)c2cc1O)C(=O)CC4.CC(=O)c1cc2c3cc(C(C)=O)c(O)cc3n(CCCN(C)C)c2cc1O.CC(=O)c1ccc2c(c1)c1c3c(ccc1n2CC[C@H]1CCCN1C)C(=O)CC3.CCCNCCCn1c2ccc(C(C)=O)cc2c2c3c(ccc21)C(=O)CC3.Cl.Cl.Cl.Cl. The molecule has 1 atom stereocenters. The molecule has 23 heteroatoms. The van der Waals surface area contributed by atoms with Crippen LogP contribution in [-0.2, 0) is 45.4 Å². The smallest absolute Gasteiger partial charge is 0.163 e. The summed E-state index contributed by atoms with van der Waals surface area (Å²) in [6.07, 6.45) is 11.8. The third kappa shape index (κ3) is 18.5. The van der Waals surface area contributed by atoms with Crippen LogP contribution in [-0.4, -0.2) is 169 Å². The van der Waals surface area contributed by atoms with Crippen LogP contribution in [0.1, 0.15) is 220 Å². The first-order chi connectivity index (χ1) is 52.2. The van der Waals surface area contributed by atoms with Crippen LogP contribution in [0, 0.1) is 0 Å². The van der Waals surface area contributed by atoms with E-state index < -0.39 is 0 Å². The molecule has 16 rings (SSSR count). The van der Waals surface area contributed by atoms with Crippen molar-refractivity contribution in [3.05, 3.63) is 170 Å². The van der Waals surface area contributed by atoms with Crippen LogP contribution < -0.4 is 5.32 Å². The number of fused-ring (bicyclic) bond motifs is 18. The van der Waals surface area contributed by atoms with Gasteiger partial charge < -0.3 is 53.6 Å². The van der Waals surface area contributed by atoms with E-state index in [-0.39, 0.29) is 139 Å². The van der Waals surface area contributed by atoms with Gasteiger partial charge >= 0.3 is 0 Å². The fourth-order valence-electron chi connectivity index (χ4n) is 17.3. The average Bonchev–Trinajstić information content (AvgIpc) is 1.60. The summed E-state index contributed by atoms with van der Waals surface area (Å²) in [5, 5.41) is 42.6. The molecule has 4 aliphatic rings. The maximum atomic E-state index is 12.3. The number of hydrogen-bond acceptors (Lipinski definition) is 15.